The van der Waals surface area contributed by atoms with E-state index in [1.807, 2.05) is 0 Å². The molecule has 0 radical (unpaired) electrons. The van der Waals surface area contributed by atoms with Crippen molar-refractivity contribution in [1.82, 2.24) is 0 Å². The van der Waals surface area contributed by atoms with E-state index in [9.17, 15) is 0 Å². The lowest BCUT2D eigenvalue weighted by Gasteiger charge is -2.12. The highest BCUT2D eigenvalue weighted by Gasteiger charge is 2.10. The summed E-state index contributed by atoms with van der Waals surface area (Å²) in [5, 5.41) is 4.95. The summed E-state index contributed by atoms with van der Waals surface area (Å²) in [6.45, 7) is 4.28. The van der Waals surface area contributed by atoms with E-state index >= 15 is 0 Å². The van der Waals surface area contributed by atoms with E-state index in [0.29, 0.717) is 6.54 Å². The van der Waals surface area contributed by atoms with Crippen LogP contribution < -0.4 is 0 Å². The maximum absolute atomic E-state index is 4.07. The molecule has 3 aromatic rings. The van der Waals surface area contributed by atoms with Crippen molar-refractivity contribution in [2.24, 2.45) is 4.99 Å². The van der Waals surface area contributed by atoms with Crippen LogP contribution in [0.5, 0.6) is 0 Å². The summed E-state index contributed by atoms with van der Waals surface area (Å²) in [4.78, 5) is 4.07. The van der Waals surface area contributed by atoms with Crippen LogP contribution in [-0.4, -0.2) is 6.72 Å². The van der Waals surface area contributed by atoms with Gasteiger partial charge in [-0.1, -0.05) is 48.5 Å². The van der Waals surface area contributed by atoms with Gasteiger partial charge in [0.05, 0.1) is 6.54 Å². The van der Waals surface area contributed by atoms with Crippen molar-refractivity contribution >= 4 is 44.2 Å². The third-order valence-electron chi connectivity index (χ3n) is 3.25. The predicted molar refractivity (Wildman–Crippen MR) is 82.4 cm³/mol. The molecule has 0 bridgehead atoms. The van der Waals surface area contributed by atoms with E-state index in [1.165, 1.54) is 27.1 Å². The van der Waals surface area contributed by atoms with Crippen LogP contribution in [0.4, 0.5) is 0 Å². The number of benzene rings is 3. The van der Waals surface area contributed by atoms with Gasteiger partial charge in [-0.2, -0.15) is 0 Å². The molecule has 3 aromatic carbocycles. The zero-order valence-electron chi connectivity index (χ0n) is 9.86. The van der Waals surface area contributed by atoms with Crippen molar-refractivity contribution in [1.29, 1.82) is 0 Å². The van der Waals surface area contributed by atoms with Crippen LogP contribution in [0.1, 0.15) is 5.56 Å². The molecule has 0 heterocycles. The lowest BCUT2D eigenvalue weighted by atomic mass is 9.97. The van der Waals surface area contributed by atoms with Crippen LogP contribution in [-0.2, 0) is 6.54 Å². The van der Waals surface area contributed by atoms with Crippen LogP contribution in [0.3, 0.4) is 0 Å². The Labute approximate surface area is 114 Å². The molecule has 1 nitrogen and oxygen atoms in total. The first-order chi connectivity index (χ1) is 8.83. The monoisotopic (exact) mass is 297 g/mol. The number of aliphatic imine (C=N–C) groups is 1. The quantitative estimate of drug-likeness (QED) is 0.468. The molecule has 3 rings (SSSR count). The van der Waals surface area contributed by atoms with Crippen LogP contribution in [0, 0.1) is 0 Å². The smallest absolute Gasteiger partial charge is 0.0644 e. The number of halogens is 1. The second-order valence-electron chi connectivity index (χ2n) is 4.27. The first kappa shape index (κ1) is 11.4. The zero-order chi connectivity index (χ0) is 12.5. The molecule has 0 fully saturated rings. The van der Waals surface area contributed by atoms with Gasteiger partial charge in [0.2, 0.25) is 0 Å². The van der Waals surface area contributed by atoms with Crippen molar-refractivity contribution in [3.8, 4) is 0 Å². The van der Waals surface area contributed by atoms with Crippen LogP contribution in [0.25, 0.3) is 21.5 Å². The lowest BCUT2D eigenvalue weighted by Crippen LogP contribution is -1.89. The summed E-state index contributed by atoms with van der Waals surface area (Å²) in [6.07, 6.45) is 0. The zero-order valence-corrected chi connectivity index (χ0v) is 11.4. The molecule has 0 aliphatic carbocycles. The minimum atomic E-state index is 0.647. The Kier molecular flexibility index (Phi) is 2.88. The van der Waals surface area contributed by atoms with E-state index in [4.69, 9.17) is 0 Å². The van der Waals surface area contributed by atoms with Crippen molar-refractivity contribution in [3.63, 3.8) is 0 Å². The fourth-order valence-electron chi connectivity index (χ4n) is 2.45. The van der Waals surface area contributed by atoms with Gasteiger partial charge in [0.15, 0.2) is 0 Å². The number of fused-ring (bicyclic) bond motifs is 2. The van der Waals surface area contributed by atoms with Crippen LogP contribution >= 0.6 is 15.9 Å². The Morgan fingerprint density at radius 1 is 0.833 bits per heavy atom. The van der Waals surface area contributed by atoms with Gasteiger partial charge in [0.25, 0.3) is 0 Å². The first-order valence-corrected chi connectivity index (χ1v) is 6.62. The van der Waals surface area contributed by atoms with Gasteiger partial charge >= 0.3 is 0 Å². The molecule has 2 heteroatoms. The molecule has 88 valence electrons. The molecule has 0 unspecified atom stereocenters. The van der Waals surface area contributed by atoms with Crippen molar-refractivity contribution in [3.05, 3.63) is 58.6 Å². The average Bonchev–Trinajstić information content (AvgIpc) is 2.43. The Bertz CT molecular complexity index is 690. The average molecular weight is 298 g/mol. The molecular weight excluding hydrogens is 286 g/mol. The number of hydrogen-bond acceptors (Lipinski definition) is 1. The second-order valence-corrected chi connectivity index (χ2v) is 5.06. The van der Waals surface area contributed by atoms with Crippen LogP contribution in [0.15, 0.2) is 58.0 Å². The van der Waals surface area contributed by atoms with Crippen LogP contribution in [0.2, 0.25) is 0 Å². The lowest BCUT2D eigenvalue weighted by molar-refractivity contribution is 1.11. The first-order valence-electron chi connectivity index (χ1n) is 5.83. The highest BCUT2D eigenvalue weighted by Crippen LogP contribution is 2.36. The number of hydrogen-bond donors (Lipinski definition) is 0. The van der Waals surface area contributed by atoms with E-state index in [0.717, 1.165) is 4.47 Å². The minimum absolute atomic E-state index is 0.647. The third kappa shape index (κ3) is 1.65. The fraction of sp³-hybridized carbons (Fsp3) is 0.0625. The van der Waals surface area contributed by atoms with Gasteiger partial charge in [0, 0.05) is 4.47 Å². The molecule has 0 saturated heterocycles. The maximum atomic E-state index is 4.07. The Morgan fingerprint density at radius 2 is 1.28 bits per heavy atom. The number of nitrogens with zero attached hydrogens (tertiary/aromatic N) is 1. The summed E-state index contributed by atoms with van der Waals surface area (Å²) in [7, 11) is 0. The van der Waals surface area contributed by atoms with Gasteiger partial charge in [-0.25, -0.2) is 0 Å². The Hall–Kier alpha value is -1.67. The van der Waals surface area contributed by atoms with Gasteiger partial charge in [-0.15, -0.1) is 0 Å². The SMILES string of the molecule is C=NCc1c2ccccc2c(Br)c2ccccc12. The third-order valence-corrected chi connectivity index (χ3v) is 4.10. The summed E-state index contributed by atoms with van der Waals surface area (Å²) in [5.74, 6) is 0. The molecule has 0 amide bonds. The molecule has 0 saturated carbocycles. The van der Waals surface area contributed by atoms with Gasteiger partial charge < -0.3 is 0 Å². The Morgan fingerprint density at radius 3 is 1.72 bits per heavy atom. The normalized spacial score (nSPS) is 10.9. The van der Waals surface area contributed by atoms with E-state index in [2.05, 4.69) is 76.2 Å². The summed E-state index contributed by atoms with van der Waals surface area (Å²) < 4.78 is 1.15. The molecule has 0 aliphatic heterocycles. The van der Waals surface area contributed by atoms with E-state index in [-0.39, 0.29) is 0 Å². The number of rotatable bonds is 2. The van der Waals surface area contributed by atoms with Gasteiger partial charge in [-0.3, -0.25) is 4.99 Å². The molecule has 0 atom stereocenters. The molecule has 0 aliphatic rings. The largest absolute Gasteiger partial charge is 0.296 e. The summed E-state index contributed by atoms with van der Waals surface area (Å²) in [6, 6.07) is 16.8. The van der Waals surface area contributed by atoms with Crippen molar-refractivity contribution < 1.29 is 0 Å². The minimum Gasteiger partial charge on any atom is -0.296 e. The van der Waals surface area contributed by atoms with Gasteiger partial charge in [0.1, 0.15) is 0 Å². The highest BCUT2D eigenvalue weighted by molar-refractivity contribution is 9.10. The molecule has 0 N–H and O–H groups in total. The maximum Gasteiger partial charge on any atom is 0.0644 e. The topological polar surface area (TPSA) is 12.4 Å². The highest BCUT2D eigenvalue weighted by atomic mass is 79.9. The van der Waals surface area contributed by atoms with Crippen molar-refractivity contribution in [2.45, 2.75) is 6.54 Å². The Balaban J connectivity index is 2.58. The molecular formula is C16H12BrN. The van der Waals surface area contributed by atoms with E-state index in [1.54, 1.807) is 0 Å². The second kappa shape index (κ2) is 4.54. The standard InChI is InChI=1S/C16H12BrN/c1-18-10-15-11-6-2-4-8-13(11)16(17)14-9-5-3-7-12(14)15/h2-9H,1,10H2. The summed E-state index contributed by atoms with van der Waals surface area (Å²) in [5.41, 5.74) is 1.25. The van der Waals surface area contributed by atoms with E-state index < -0.39 is 0 Å². The molecule has 0 spiro atoms. The molecule has 0 aromatic heterocycles. The summed E-state index contributed by atoms with van der Waals surface area (Å²) >= 11 is 3.72. The van der Waals surface area contributed by atoms with Gasteiger partial charge in [-0.05, 0) is 49.8 Å². The van der Waals surface area contributed by atoms with Crippen molar-refractivity contribution in [2.75, 3.05) is 0 Å². The molecule has 18 heavy (non-hydrogen) atoms. The predicted octanol–water partition coefficient (Wildman–Crippen LogP) is 4.96. The fourth-order valence-corrected chi connectivity index (χ4v) is 3.14.